The fourth-order valence-electron chi connectivity index (χ4n) is 0.204. The Labute approximate surface area is 100 Å². The summed E-state index contributed by atoms with van der Waals surface area (Å²) in [6.45, 7) is 13.0. The van der Waals surface area contributed by atoms with E-state index in [2.05, 4.69) is 11.3 Å². The standard InChI is InChI=1S/C7H14O.C2H7O2P.V/c1-5-7(3,4)6(2)8;1-5(2)4-3;/h8H,2,5H2,1,3-4H3;3H,1-2H3;. The van der Waals surface area contributed by atoms with E-state index in [0.717, 1.165) is 6.42 Å². The molecule has 0 saturated carbocycles. The minimum absolute atomic E-state index is 0. The summed E-state index contributed by atoms with van der Waals surface area (Å²) in [7, 11) is -0.543. The number of hydrogen-bond acceptors (Lipinski definition) is 3. The van der Waals surface area contributed by atoms with Gasteiger partial charge >= 0.3 is 0 Å². The Hall–Kier alpha value is 0.474. The summed E-state index contributed by atoms with van der Waals surface area (Å²) in [5.41, 5.74) is -0.0972. The van der Waals surface area contributed by atoms with E-state index in [1.807, 2.05) is 34.1 Å². The van der Waals surface area contributed by atoms with Gasteiger partial charge in [-0.2, -0.15) is 0 Å². The Kier molecular flexibility index (Phi) is 14.3. The smallest absolute Gasteiger partial charge is 0.0906 e. The Balaban J connectivity index is -0.000000177. The van der Waals surface area contributed by atoms with Crippen LogP contribution < -0.4 is 0 Å². The molecule has 0 spiro atoms. The van der Waals surface area contributed by atoms with Gasteiger partial charge in [0, 0.05) is 24.0 Å². The summed E-state index contributed by atoms with van der Waals surface area (Å²) in [5.74, 6) is 0.278. The maximum Gasteiger partial charge on any atom is 0.0906 e. The summed E-state index contributed by atoms with van der Waals surface area (Å²) in [6.07, 6.45) is 0.933. The molecular formula is C9H21O3PV. The van der Waals surface area contributed by atoms with E-state index in [1.54, 1.807) is 0 Å². The molecule has 0 aliphatic rings. The van der Waals surface area contributed by atoms with Crippen molar-refractivity contribution < 1.29 is 33.6 Å². The van der Waals surface area contributed by atoms with E-state index in [0.29, 0.717) is 0 Å². The van der Waals surface area contributed by atoms with Crippen LogP contribution in [0.5, 0.6) is 0 Å². The number of aliphatic hydroxyl groups excluding tert-OH is 1. The van der Waals surface area contributed by atoms with Crippen LogP contribution in [-0.4, -0.2) is 23.7 Å². The van der Waals surface area contributed by atoms with Gasteiger partial charge in [-0.15, -0.1) is 0 Å². The van der Waals surface area contributed by atoms with Crippen molar-refractivity contribution in [1.82, 2.24) is 0 Å². The number of allylic oxidation sites excluding steroid dienone is 1. The van der Waals surface area contributed by atoms with Gasteiger partial charge in [0.15, 0.2) is 0 Å². The molecule has 14 heavy (non-hydrogen) atoms. The second-order valence-electron chi connectivity index (χ2n) is 3.58. The van der Waals surface area contributed by atoms with E-state index < -0.39 is 8.15 Å². The molecule has 0 aromatic carbocycles. The summed E-state index contributed by atoms with van der Waals surface area (Å²) in [5, 5.41) is 16.6. The predicted octanol–water partition coefficient (Wildman–Crippen LogP) is 3.62. The van der Waals surface area contributed by atoms with Crippen molar-refractivity contribution in [2.75, 3.05) is 13.3 Å². The number of aliphatic hydroxyl groups is 1. The molecule has 0 aliphatic carbocycles. The van der Waals surface area contributed by atoms with E-state index in [-0.39, 0.29) is 29.7 Å². The Morgan fingerprint density at radius 3 is 1.71 bits per heavy atom. The van der Waals surface area contributed by atoms with Crippen LogP contribution in [-0.2, 0) is 23.2 Å². The molecule has 0 aromatic heterocycles. The van der Waals surface area contributed by atoms with Crippen molar-refractivity contribution in [3.05, 3.63) is 12.3 Å². The van der Waals surface area contributed by atoms with E-state index in [9.17, 15) is 0 Å². The van der Waals surface area contributed by atoms with Crippen molar-refractivity contribution in [2.24, 2.45) is 5.41 Å². The number of rotatable bonds is 3. The van der Waals surface area contributed by atoms with Crippen LogP contribution in [0.25, 0.3) is 0 Å². The van der Waals surface area contributed by atoms with Crippen LogP contribution in [0.1, 0.15) is 27.2 Å². The molecule has 0 unspecified atom stereocenters. The second-order valence-corrected chi connectivity index (χ2v) is 5.37. The first-order valence-electron chi connectivity index (χ1n) is 4.15. The van der Waals surface area contributed by atoms with Crippen LogP contribution >= 0.6 is 8.15 Å². The molecule has 0 aliphatic heterocycles. The maximum atomic E-state index is 8.89. The topological polar surface area (TPSA) is 49.7 Å². The molecule has 2 N–H and O–H groups in total. The minimum atomic E-state index is -0.543. The van der Waals surface area contributed by atoms with Crippen LogP contribution in [0, 0.1) is 5.41 Å². The largest absolute Gasteiger partial charge is 0.512 e. The minimum Gasteiger partial charge on any atom is -0.512 e. The van der Waals surface area contributed by atoms with E-state index >= 15 is 0 Å². The number of hydrogen-bond donors (Lipinski definition) is 2. The van der Waals surface area contributed by atoms with Crippen LogP contribution in [0.15, 0.2) is 12.3 Å². The van der Waals surface area contributed by atoms with E-state index in [1.165, 1.54) is 0 Å². The zero-order chi connectivity index (χ0) is 11.1. The molecule has 0 rings (SSSR count). The maximum absolute atomic E-state index is 8.89. The molecule has 5 heteroatoms. The van der Waals surface area contributed by atoms with Gasteiger partial charge < -0.3 is 5.11 Å². The molecule has 0 bridgehead atoms. The van der Waals surface area contributed by atoms with Crippen molar-refractivity contribution in [1.29, 1.82) is 0 Å². The zero-order valence-corrected chi connectivity index (χ0v) is 11.9. The van der Waals surface area contributed by atoms with Gasteiger partial charge in [0.2, 0.25) is 0 Å². The molecular weight excluding hydrogens is 238 g/mol. The summed E-state index contributed by atoms with van der Waals surface area (Å²) in [6, 6.07) is 0. The summed E-state index contributed by atoms with van der Waals surface area (Å²) < 4.78 is 3.81. The van der Waals surface area contributed by atoms with Crippen molar-refractivity contribution in [3.8, 4) is 0 Å². The van der Waals surface area contributed by atoms with Gasteiger partial charge in [0.25, 0.3) is 0 Å². The molecule has 0 atom stereocenters. The first kappa shape index (κ1) is 20.0. The molecule has 3 nitrogen and oxygen atoms in total. The van der Waals surface area contributed by atoms with Crippen molar-refractivity contribution in [3.63, 3.8) is 0 Å². The van der Waals surface area contributed by atoms with Gasteiger partial charge in [0.1, 0.15) is 0 Å². The van der Waals surface area contributed by atoms with E-state index in [4.69, 9.17) is 10.4 Å². The Morgan fingerprint density at radius 2 is 1.71 bits per heavy atom. The first-order chi connectivity index (χ1) is 5.77. The van der Waals surface area contributed by atoms with Crippen LogP contribution in [0.4, 0.5) is 0 Å². The third kappa shape index (κ3) is 12.5. The van der Waals surface area contributed by atoms with Crippen LogP contribution in [0.2, 0.25) is 0 Å². The fraction of sp³-hybridized carbons (Fsp3) is 0.778. The predicted molar refractivity (Wildman–Crippen MR) is 58.3 cm³/mol. The summed E-state index contributed by atoms with van der Waals surface area (Å²) in [4.78, 5) is 0. The zero-order valence-electron chi connectivity index (χ0n) is 9.61. The quantitative estimate of drug-likeness (QED) is 0.352. The van der Waals surface area contributed by atoms with Gasteiger partial charge in [0.05, 0.1) is 13.9 Å². The average Bonchev–Trinajstić information content (AvgIpc) is 2.05. The Morgan fingerprint density at radius 1 is 1.43 bits per heavy atom. The monoisotopic (exact) mass is 259 g/mol. The fourth-order valence-corrected chi connectivity index (χ4v) is 0.204. The molecule has 85 valence electrons. The molecule has 0 amide bonds. The first-order valence-corrected chi connectivity index (χ1v) is 6.30. The normalized spacial score (nSPS) is 9.93. The van der Waals surface area contributed by atoms with Crippen LogP contribution in [0.3, 0.4) is 0 Å². The average molecular weight is 259 g/mol. The summed E-state index contributed by atoms with van der Waals surface area (Å²) >= 11 is 0. The van der Waals surface area contributed by atoms with Crippen molar-refractivity contribution in [2.45, 2.75) is 27.2 Å². The molecule has 0 saturated heterocycles. The van der Waals surface area contributed by atoms with Gasteiger partial charge in [-0.1, -0.05) is 27.4 Å². The second kappa shape index (κ2) is 10.0. The van der Waals surface area contributed by atoms with Gasteiger partial charge in [-0.25, -0.2) is 9.93 Å². The third-order valence-electron chi connectivity index (χ3n) is 1.83. The Bertz CT molecular complexity index is 149. The molecule has 0 aromatic rings. The molecule has 0 heterocycles. The van der Waals surface area contributed by atoms with Gasteiger partial charge in [-0.3, -0.25) is 0 Å². The van der Waals surface area contributed by atoms with Crippen molar-refractivity contribution >= 4 is 8.15 Å². The van der Waals surface area contributed by atoms with Gasteiger partial charge in [-0.05, 0) is 19.8 Å². The molecule has 1 radical (unpaired) electrons. The molecule has 0 fully saturated rings. The third-order valence-corrected chi connectivity index (χ3v) is 2.15. The SMILES string of the molecule is C=C(O)C(C)(C)CC.CP(C)OO.[V].